The summed E-state index contributed by atoms with van der Waals surface area (Å²) in [6.45, 7) is 1.67. The van der Waals surface area contributed by atoms with Crippen LogP contribution in [0.25, 0.3) is 16.9 Å². The van der Waals surface area contributed by atoms with Crippen LogP contribution in [0.5, 0.6) is 5.88 Å². The van der Waals surface area contributed by atoms with Crippen molar-refractivity contribution in [2.75, 3.05) is 6.54 Å². The van der Waals surface area contributed by atoms with Crippen molar-refractivity contribution >= 4 is 27.6 Å². The molecule has 0 atom stereocenters. The summed E-state index contributed by atoms with van der Waals surface area (Å²) < 4.78 is 190. The number of hydrogen-bond donors (Lipinski definition) is 0. The van der Waals surface area contributed by atoms with Crippen molar-refractivity contribution in [2.45, 2.75) is 54.8 Å². The lowest BCUT2D eigenvalue weighted by molar-refractivity contribution is -0.382. The first-order valence-electron chi connectivity index (χ1n) is 12.9. The summed E-state index contributed by atoms with van der Waals surface area (Å²) in [4.78, 5) is 18.3. The number of rotatable bonds is 10. The Morgan fingerprint density at radius 3 is 2.12 bits per heavy atom. The average Bonchev–Trinajstić information content (AvgIpc) is 3.46. The second kappa shape index (κ2) is 11.7. The molecule has 268 valence electrons. The van der Waals surface area contributed by atoms with E-state index in [9.17, 15) is 71.2 Å². The molecule has 1 aliphatic rings. The predicted octanol–water partition coefficient (Wildman–Crippen LogP) is 5.99. The number of halogens is 13. The van der Waals surface area contributed by atoms with Crippen molar-refractivity contribution < 1.29 is 70.1 Å². The van der Waals surface area contributed by atoms with Crippen LogP contribution in [0, 0.1) is 11.3 Å². The summed E-state index contributed by atoms with van der Waals surface area (Å²) >= 11 is 6.09. The lowest BCUT2D eigenvalue weighted by Crippen LogP contribution is -2.63. The van der Waals surface area contributed by atoms with Crippen LogP contribution < -0.4 is 4.18 Å². The van der Waals surface area contributed by atoms with Gasteiger partial charge in [0.1, 0.15) is 10.7 Å². The zero-order valence-electron chi connectivity index (χ0n) is 24.0. The zero-order chi connectivity index (χ0) is 37.3. The SMILES string of the molecule is CCN(C(=O)c1cc(-c2cnn(-c3c(C(F)(F)F)c(OS(=O)(=O)C(F)(F)C(F)(F)C(F)(F)C(F)(F)F)nn3C)c2)cnc1Cl)C1(C#N)CC1. The Balaban J connectivity index is 1.76. The van der Waals surface area contributed by atoms with Gasteiger partial charge < -0.3 is 9.08 Å². The Bertz CT molecular complexity index is 1950. The highest BCUT2D eigenvalue weighted by molar-refractivity contribution is 7.88. The first-order valence-corrected chi connectivity index (χ1v) is 14.7. The number of amides is 1. The molecule has 3 heterocycles. The molecule has 0 saturated heterocycles. The molecular formula is C24H16ClF12N7O4S. The van der Waals surface area contributed by atoms with Gasteiger partial charge in [-0.25, -0.2) is 14.3 Å². The molecule has 11 nitrogen and oxygen atoms in total. The summed E-state index contributed by atoms with van der Waals surface area (Å²) in [6, 6.07) is 3.17. The maximum Gasteiger partial charge on any atom is 0.460 e. The third-order valence-corrected chi connectivity index (χ3v) is 8.66. The molecule has 0 spiro atoms. The van der Waals surface area contributed by atoms with Gasteiger partial charge in [0.2, 0.25) is 0 Å². The fourth-order valence-electron chi connectivity index (χ4n) is 4.42. The Kier molecular flexibility index (Phi) is 8.94. The second-order valence-corrected chi connectivity index (χ2v) is 12.2. The first kappa shape index (κ1) is 37.5. The van der Waals surface area contributed by atoms with Crippen LogP contribution in [0.1, 0.15) is 35.7 Å². The fourth-order valence-corrected chi connectivity index (χ4v) is 5.48. The highest BCUT2D eigenvalue weighted by atomic mass is 35.5. The molecule has 0 aromatic carbocycles. The number of hydrogen-bond acceptors (Lipinski definition) is 8. The van der Waals surface area contributed by atoms with Crippen LogP contribution in [0.2, 0.25) is 5.15 Å². The van der Waals surface area contributed by atoms with E-state index in [4.69, 9.17) is 11.6 Å². The summed E-state index contributed by atoms with van der Waals surface area (Å²) in [6.07, 6.45) is -9.89. The third-order valence-electron chi connectivity index (χ3n) is 7.10. The molecular weight excluding hydrogens is 746 g/mol. The topological polar surface area (TPSA) is 136 Å². The quantitative estimate of drug-likeness (QED) is 0.140. The smallest absolute Gasteiger partial charge is 0.355 e. The van der Waals surface area contributed by atoms with Crippen LogP contribution in [-0.4, -0.2) is 79.1 Å². The highest BCUT2D eigenvalue weighted by Gasteiger charge is 2.86. The molecule has 1 saturated carbocycles. The minimum Gasteiger partial charge on any atom is -0.355 e. The number of aryl methyl sites for hydroxylation is 1. The van der Waals surface area contributed by atoms with E-state index in [-0.39, 0.29) is 33.1 Å². The van der Waals surface area contributed by atoms with Crippen molar-refractivity contribution in [3.8, 4) is 28.9 Å². The number of aromatic nitrogens is 5. The largest absolute Gasteiger partial charge is 0.460 e. The molecule has 3 aromatic rings. The van der Waals surface area contributed by atoms with Crippen LogP contribution in [0.15, 0.2) is 24.7 Å². The molecule has 0 bridgehead atoms. The average molecular weight is 762 g/mol. The van der Waals surface area contributed by atoms with Crippen molar-refractivity contribution in [3.63, 3.8) is 0 Å². The van der Waals surface area contributed by atoms with E-state index >= 15 is 0 Å². The van der Waals surface area contributed by atoms with Crippen molar-refractivity contribution in [3.05, 3.63) is 40.9 Å². The maximum atomic E-state index is 14.2. The number of nitrogens with zero attached hydrogens (tertiary/aromatic N) is 7. The third kappa shape index (κ3) is 5.99. The number of alkyl halides is 12. The maximum absolute atomic E-state index is 14.2. The zero-order valence-corrected chi connectivity index (χ0v) is 25.6. The van der Waals surface area contributed by atoms with Crippen molar-refractivity contribution in [2.24, 2.45) is 7.05 Å². The van der Waals surface area contributed by atoms with Crippen LogP contribution in [-0.2, 0) is 23.3 Å². The molecule has 1 aliphatic carbocycles. The van der Waals surface area contributed by atoms with Crippen molar-refractivity contribution in [1.29, 1.82) is 5.26 Å². The van der Waals surface area contributed by atoms with Crippen LogP contribution in [0.3, 0.4) is 0 Å². The first-order chi connectivity index (χ1) is 22.2. The van der Waals surface area contributed by atoms with E-state index in [1.165, 1.54) is 4.90 Å². The van der Waals surface area contributed by atoms with Gasteiger partial charge in [-0.05, 0) is 25.8 Å². The number of nitriles is 1. The molecule has 25 heteroatoms. The molecule has 0 unspecified atom stereocenters. The summed E-state index contributed by atoms with van der Waals surface area (Å²) in [5.41, 5.74) is -3.91. The highest BCUT2D eigenvalue weighted by Crippen LogP contribution is 2.55. The number of pyridine rings is 1. The Hall–Kier alpha value is -4.27. The normalized spacial score (nSPS) is 15.6. The minimum atomic E-state index is -7.80. The molecule has 49 heavy (non-hydrogen) atoms. The van der Waals surface area contributed by atoms with E-state index < -0.39 is 68.3 Å². The minimum absolute atomic E-state index is 0.0286. The molecule has 0 aliphatic heterocycles. The standard InChI is InChI=1S/C24H16ClF12N7O4S/c1-3-43(19(10-38)4-5-19)18(45)13-6-11(7-39-15(13)25)12-8-40-44(9-12)17-14(20(26,27)28)16(41-42(17)2)48-49(46,47)24(36,37)22(31,32)21(29,30)23(33,34)35/h6-9H,3-5H2,1-2H3. The van der Waals surface area contributed by atoms with Gasteiger partial charge in [-0.15, -0.1) is 5.10 Å². The van der Waals surface area contributed by atoms with E-state index in [1.54, 1.807) is 6.92 Å². The van der Waals surface area contributed by atoms with Gasteiger partial charge in [0.05, 0.1) is 17.8 Å². The van der Waals surface area contributed by atoms with Crippen molar-refractivity contribution in [1.82, 2.24) is 29.4 Å². The van der Waals surface area contributed by atoms with E-state index in [1.807, 2.05) is 6.07 Å². The summed E-state index contributed by atoms with van der Waals surface area (Å²) in [7, 11) is -7.19. The molecule has 1 fully saturated rings. The van der Waals surface area contributed by atoms with Crippen LogP contribution >= 0.6 is 11.6 Å². The van der Waals surface area contributed by atoms with Gasteiger partial charge in [0, 0.05) is 37.1 Å². The number of carbonyl (C=O) groups excluding carboxylic acids is 1. The monoisotopic (exact) mass is 761 g/mol. The van der Waals surface area contributed by atoms with E-state index in [2.05, 4.69) is 19.4 Å². The summed E-state index contributed by atoms with van der Waals surface area (Å²) in [5, 5.41) is 8.20. The molecule has 1 amide bonds. The van der Waals surface area contributed by atoms with Gasteiger partial charge in [0.15, 0.2) is 11.4 Å². The van der Waals surface area contributed by atoms with Crippen LogP contribution in [0.4, 0.5) is 52.7 Å². The molecule has 3 aromatic heterocycles. The van der Waals surface area contributed by atoms with Gasteiger partial charge >= 0.3 is 39.6 Å². The fraction of sp³-hybridized carbons (Fsp3) is 0.458. The van der Waals surface area contributed by atoms with E-state index in [0.29, 0.717) is 24.6 Å². The predicted molar refractivity (Wildman–Crippen MR) is 138 cm³/mol. The summed E-state index contributed by atoms with van der Waals surface area (Å²) in [5.74, 6) is -20.1. The van der Waals surface area contributed by atoms with Gasteiger partial charge in [-0.3, -0.25) is 4.79 Å². The number of carbonyl (C=O) groups is 1. The molecule has 0 N–H and O–H groups in total. The molecule has 0 radical (unpaired) electrons. The van der Waals surface area contributed by atoms with E-state index in [0.717, 1.165) is 24.7 Å². The Morgan fingerprint density at radius 2 is 1.63 bits per heavy atom. The van der Waals surface area contributed by atoms with Gasteiger partial charge in [0.25, 0.3) is 11.8 Å². The Labute approximate surface area is 270 Å². The molecule has 4 rings (SSSR count). The lowest BCUT2D eigenvalue weighted by atomic mass is 10.1. The van der Waals surface area contributed by atoms with Gasteiger partial charge in [-0.2, -0.15) is 71.5 Å². The second-order valence-electron chi connectivity index (χ2n) is 10.3. The Morgan fingerprint density at radius 1 is 1.04 bits per heavy atom. The lowest BCUT2D eigenvalue weighted by Gasteiger charge is -2.32. The van der Waals surface area contributed by atoms with Gasteiger partial charge in [-0.1, -0.05) is 11.6 Å².